The molecule has 0 bridgehead atoms. The van der Waals surface area contributed by atoms with Gasteiger partial charge in [0.2, 0.25) is 0 Å². The van der Waals surface area contributed by atoms with Crippen molar-refractivity contribution in [3.8, 4) is 0 Å². The highest BCUT2D eigenvalue weighted by Crippen LogP contribution is 2.43. The van der Waals surface area contributed by atoms with E-state index in [9.17, 15) is 9.59 Å². The summed E-state index contributed by atoms with van der Waals surface area (Å²) in [5.41, 5.74) is 1.26. The molecular formula is C26H28N8O2. The predicted octanol–water partition coefficient (Wildman–Crippen LogP) is 2.49. The van der Waals surface area contributed by atoms with Gasteiger partial charge in [0.25, 0.3) is 0 Å². The van der Waals surface area contributed by atoms with Crippen LogP contribution in [0.3, 0.4) is 0 Å². The first-order valence-electron chi connectivity index (χ1n) is 12.0. The Morgan fingerprint density at radius 1 is 0.722 bits per heavy atom. The maximum atomic E-state index is 13.6. The number of ketones is 2. The first-order chi connectivity index (χ1) is 17.3. The molecule has 5 rings (SSSR count). The molecule has 1 aliphatic rings. The standard InChI is InChI=1S/C26H28N8O2/c1-25(2)13-23(35)26(24(36)14-25,11-21-17-33(31-29-21)15-19-7-3-5-9-27-19)12-22-18-34(32-30-22)16-20-8-4-6-10-28-20/h3-10,17-18H,11-16H2,1-2H3. The summed E-state index contributed by atoms with van der Waals surface area (Å²) in [6.45, 7) is 4.83. The Hall–Kier alpha value is -4.08. The van der Waals surface area contributed by atoms with E-state index in [1.807, 2.05) is 50.2 Å². The van der Waals surface area contributed by atoms with E-state index in [0.717, 1.165) is 11.4 Å². The number of pyridine rings is 2. The minimum atomic E-state index is -1.24. The summed E-state index contributed by atoms with van der Waals surface area (Å²) < 4.78 is 3.35. The van der Waals surface area contributed by atoms with Crippen LogP contribution in [0.15, 0.2) is 61.2 Å². The van der Waals surface area contributed by atoms with Crippen LogP contribution in [-0.4, -0.2) is 51.5 Å². The minimum absolute atomic E-state index is 0.0812. The molecule has 4 heterocycles. The Kier molecular flexibility index (Phi) is 6.26. The summed E-state index contributed by atoms with van der Waals surface area (Å²) in [5, 5.41) is 17.0. The maximum absolute atomic E-state index is 13.6. The molecule has 0 aliphatic heterocycles. The van der Waals surface area contributed by atoms with Crippen molar-refractivity contribution in [2.45, 2.75) is 52.6 Å². The van der Waals surface area contributed by atoms with Gasteiger partial charge in [-0.25, -0.2) is 9.36 Å². The van der Waals surface area contributed by atoms with E-state index in [0.29, 0.717) is 37.3 Å². The number of hydrogen-bond acceptors (Lipinski definition) is 8. The summed E-state index contributed by atoms with van der Waals surface area (Å²) in [5.74, 6) is -0.162. The Balaban J connectivity index is 1.40. The third-order valence-corrected chi connectivity index (χ3v) is 6.58. The lowest BCUT2D eigenvalue weighted by atomic mass is 9.60. The summed E-state index contributed by atoms with van der Waals surface area (Å²) in [4.78, 5) is 35.8. The average Bonchev–Trinajstić information content (AvgIpc) is 3.47. The average molecular weight is 485 g/mol. The van der Waals surface area contributed by atoms with Crippen LogP contribution in [0.4, 0.5) is 0 Å². The fourth-order valence-corrected chi connectivity index (χ4v) is 4.81. The Morgan fingerprint density at radius 3 is 1.61 bits per heavy atom. The van der Waals surface area contributed by atoms with Crippen molar-refractivity contribution >= 4 is 11.6 Å². The molecule has 36 heavy (non-hydrogen) atoms. The molecule has 4 aromatic rings. The van der Waals surface area contributed by atoms with Gasteiger partial charge in [-0.15, -0.1) is 10.2 Å². The second kappa shape index (κ2) is 9.52. The van der Waals surface area contributed by atoms with Crippen molar-refractivity contribution in [1.82, 2.24) is 40.0 Å². The van der Waals surface area contributed by atoms with Gasteiger partial charge in [0.1, 0.15) is 11.6 Å². The third kappa shape index (κ3) is 5.12. The van der Waals surface area contributed by atoms with Gasteiger partial charge in [0, 0.05) is 50.5 Å². The van der Waals surface area contributed by atoms with Gasteiger partial charge in [-0.05, 0) is 29.7 Å². The summed E-state index contributed by atoms with van der Waals surface area (Å²) in [6, 6.07) is 11.4. The lowest BCUT2D eigenvalue weighted by Crippen LogP contribution is -2.50. The highest BCUT2D eigenvalue weighted by Gasteiger charge is 2.52. The van der Waals surface area contributed by atoms with Crippen LogP contribution in [-0.2, 0) is 35.5 Å². The Labute approximate surface area is 208 Å². The topological polar surface area (TPSA) is 121 Å². The van der Waals surface area contributed by atoms with Crippen LogP contribution in [0, 0.1) is 10.8 Å². The Morgan fingerprint density at radius 2 is 1.19 bits per heavy atom. The molecule has 0 spiro atoms. The van der Waals surface area contributed by atoms with E-state index in [2.05, 4.69) is 30.6 Å². The van der Waals surface area contributed by atoms with E-state index >= 15 is 0 Å². The fourth-order valence-electron chi connectivity index (χ4n) is 4.81. The van der Waals surface area contributed by atoms with Crippen LogP contribution in [0.25, 0.3) is 0 Å². The molecule has 10 heteroatoms. The first-order valence-corrected chi connectivity index (χ1v) is 12.0. The number of aromatic nitrogens is 8. The number of carbonyl (C=O) groups is 2. The van der Waals surface area contributed by atoms with Crippen LogP contribution in [0.1, 0.15) is 49.5 Å². The molecule has 10 nitrogen and oxygen atoms in total. The summed E-state index contributed by atoms with van der Waals surface area (Å²) in [6.07, 6.45) is 8.02. The van der Waals surface area contributed by atoms with Crippen molar-refractivity contribution < 1.29 is 9.59 Å². The zero-order chi connectivity index (χ0) is 25.2. The molecule has 1 aliphatic carbocycles. The summed E-state index contributed by atoms with van der Waals surface area (Å²) in [7, 11) is 0. The van der Waals surface area contributed by atoms with Crippen LogP contribution >= 0.6 is 0 Å². The molecule has 1 saturated carbocycles. The highest BCUT2D eigenvalue weighted by atomic mass is 16.2. The number of Topliss-reactive ketones (excluding diaryl/α,β-unsaturated/α-hetero) is 2. The molecule has 0 aromatic carbocycles. The van der Waals surface area contributed by atoms with Crippen molar-refractivity contribution in [2.75, 3.05) is 0 Å². The first kappa shape index (κ1) is 23.7. The van der Waals surface area contributed by atoms with E-state index in [4.69, 9.17) is 0 Å². The fraction of sp³-hybridized carbons (Fsp3) is 0.385. The second-order valence-corrected chi connectivity index (χ2v) is 10.3. The van der Waals surface area contributed by atoms with Crippen LogP contribution < -0.4 is 0 Å². The molecule has 0 unspecified atom stereocenters. The minimum Gasteiger partial charge on any atom is -0.299 e. The zero-order valence-electron chi connectivity index (χ0n) is 20.4. The molecule has 0 saturated heterocycles. The van der Waals surface area contributed by atoms with E-state index < -0.39 is 5.41 Å². The largest absolute Gasteiger partial charge is 0.299 e. The number of hydrogen-bond donors (Lipinski definition) is 0. The lowest BCUT2D eigenvalue weighted by molar-refractivity contribution is -0.148. The van der Waals surface area contributed by atoms with E-state index in [1.54, 1.807) is 34.2 Å². The van der Waals surface area contributed by atoms with Gasteiger partial charge >= 0.3 is 0 Å². The highest BCUT2D eigenvalue weighted by molar-refractivity contribution is 6.10. The van der Waals surface area contributed by atoms with Crippen molar-refractivity contribution in [3.05, 3.63) is 84.0 Å². The number of nitrogens with zero attached hydrogens (tertiary/aromatic N) is 8. The van der Waals surface area contributed by atoms with Crippen LogP contribution in [0.2, 0.25) is 0 Å². The van der Waals surface area contributed by atoms with Crippen molar-refractivity contribution in [2.24, 2.45) is 10.8 Å². The molecular weight excluding hydrogens is 456 g/mol. The normalized spacial score (nSPS) is 16.8. The van der Waals surface area contributed by atoms with Gasteiger partial charge in [-0.2, -0.15) is 0 Å². The van der Waals surface area contributed by atoms with E-state index in [-0.39, 0.29) is 29.8 Å². The molecule has 0 radical (unpaired) electrons. The van der Waals surface area contributed by atoms with Crippen LogP contribution in [0.5, 0.6) is 0 Å². The van der Waals surface area contributed by atoms with Gasteiger partial charge in [0.15, 0.2) is 0 Å². The quantitative estimate of drug-likeness (QED) is 0.350. The summed E-state index contributed by atoms with van der Waals surface area (Å²) >= 11 is 0. The molecule has 0 atom stereocenters. The number of carbonyl (C=O) groups excluding carboxylic acids is 2. The van der Waals surface area contributed by atoms with E-state index in [1.165, 1.54) is 0 Å². The van der Waals surface area contributed by atoms with Gasteiger partial charge in [0.05, 0.1) is 41.3 Å². The molecule has 1 fully saturated rings. The van der Waals surface area contributed by atoms with Gasteiger partial charge < -0.3 is 0 Å². The molecule has 4 aromatic heterocycles. The SMILES string of the molecule is CC1(C)CC(=O)C(Cc2cn(Cc3ccccn3)nn2)(Cc2cn(Cc3ccccn3)nn2)C(=O)C1. The van der Waals surface area contributed by atoms with Crippen molar-refractivity contribution in [1.29, 1.82) is 0 Å². The second-order valence-electron chi connectivity index (χ2n) is 10.3. The maximum Gasteiger partial charge on any atom is 0.147 e. The monoisotopic (exact) mass is 484 g/mol. The molecule has 184 valence electrons. The Bertz CT molecular complexity index is 1260. The lowest BCUT2D eigenvalue weighted by Gasteiger charge is -2.40. The van der Waals surface area contributed by atoms with Gasteiger partial charge in [-0.3, -0.25) is 19.6 Å². The smallest absolute Gasteiger partial charge is 0.147 e. The zero-order valence-corrected chi connectivity index (χ0v) is 20.4. The predicted molar refractivity (Wildman–Crippen MR) is 130 cm³/mol. The molecule has 0 N–H and O–H groups in total. The molecule has 0 amide bonds. The third-order valence-electron chi connectivity index (χ3n) is 6.58. The van der Waals surface area contributed by atoms with Crippen molar-refractivity contribution in [3.63, 3.8) is 0 Å². The number of rotatable bonds is 8. The van der Waals surface area contributed by atoms with Gasteiger partial charge in [-0.1, -0.05) is 36.4 Å².